The average Bonchev–Trinajstić information content (AvgIpc) is 2.62. The minimum atomic E-state index is -3.70. The molecule has 1 aliphatic heterocycles. The van der Waals surface area contributed by atoms with Gasteiger partial charge < -0.3 is 0 Å². The zero-order valence-corrected chi connectivity index (χ0v) is 15.7. The first-order chi connectivity index (χ1) is 12.8. The Morgan fingerprint density at radius 1 is 0.963 bits per heavy atom. The summed E-state index contributed by atoms with van der Waals surface area (Å²) in [4.78, 5) is 14.2. The Hall–Kier alpha value is -2.16. The first-order valence-corrected chi connectivity index (χ1v) is 9.99. The van der Waals surface area contributed by atoms with Crippen LogP contribution in [-0.4, -0.2) is 56.1 Å². The highest BCUT2D eigenvalue weighted by Crippen LogP contribution is 2.22. The minimum Gasteiger partial charge on any atom is -0.293 e. The molecular formula is C19H20F2N2O3S. The first kappa shape index (κ1) is 19.6. The van der Waals surface area contributed by atoms with Crippen molar-refractivity contribution >= 4 is 15.8 Å². The van der Waals surface area contributed by atoms with E-state index in [-0.39, 0.29) is 30.3 Å². The van der Waals surface area contributed by atoms with Crippen LogP contribution in [0.1, 0.15) is 15.9 Å². The van der Waals surface area contributed by atoms with E-state index in [1.54, 1.807) is 6.92 Å². The van der Waals surface area contributed by atoms with Crippen molar-refractivity contribution in [3.8, 4) is 0 Å². The number of piperazine rings is 1. The minimum absolute atomic E-state index is 0.0970. The Bertz CT molecular complexity index is 938. The van der Waals surface area contributed by atoms with Crippen LogP contribution < -0.4 is 0 Å². The molecule has 144 valence electrons. The van der Waals surface area contributed by atoms with Crippen molar-refractivity contribution in [1.29, 1.82) is 0 Å². The first-order valence-electron chi connectivity index (χ1n) is 8.55. The van der Waals surface area contributed by atoms with Gasteiger partial charge in [-0.3, -0.25) is 9.69 Å². The molecule has 1 aliphatic rings. The Balaban J connectivity index is 1.62. The largest absolute Gasteiger partial charge is 0.293 e. The van der Waals surface area contributed by atoms with Gasteiger partial charge in [0.05, 0.1) is 11.4 Å². The molecule has 1 heterocycles. The van der Waals surface area contributed by atoms with E-state index >= 15 is 0 Å². The van der Waals surface area contributed by atoms with Gasteiger partial charge in [-0.05, 0) is 55.0 Å². The molecule has 5 nitrogen and oxygen atoms in total. The molecule has 0 aliphatic carbocycles. The monoisotopic (exact) mass is 394 g/mol. The fourth-order valence-electron chi connectivity index (χ4n) is 3.10. The zero-order valence-electron chi connectivity index (χ0n) is 14.9. The number of halogens is 2. The van der Waals surface area contributed by atoms with Crippen LogP contribution in [0.3, 0.4) is 0 Å². The fourth-order valence-corrected chi connectivity index (χ4v) is 4.73. The maximum Gasteiger partial charge on any atom is 0.243 e. The Kier molecular flexibility index (Phi) is 5.69. The van der Waals surface area contributed by atoms with Crippen LogP contribution >= 0.6 is 0 Å². The smallest absolute Gasteiger partial charge is 0.243 e. The number of sulfonamides is 1. The molecule has 0 radical (unpaired) electrons. The molecule has 0 aromatic heterocycles. The van der Waals surface area contributed by atoms with Crippen molar-refractivity contribution < 1.29 is 22.0 Å². The highest BCUT2D eigenvalue weighted by atomic mass is 32.2. The quantitative estimate of drug-likeness (QED) is 0.731. The van der Waals surface area contributed by atoms with Crippen LogP contribution in [0.4, 0.5) is 8.78 Å². The van der Waals surface area contributed by atoms with E-state index in [9.17, 15) is 22.0 Å². The number of aryl methyl sites for hydroxylation is 1. The molecule has 1 fully saturated rings. The third kappa shape index (κ3) is 4.40. The lowest BCUT2D eigenvalue weighted by atomic mass is 10.1. The van der Waals surface area contributed by atoms with Crippen molar-refractivity contribution in [3.05, 3.63) is 65.2 Å². The van der Waals surface area contributed by atoms with E-state index in [1.807, 2.05) is 4.90 Å². The average molecular weight is 394 g/mol. The number of ketones is 1. The molecule has 1 saturated heterocycles. The van der Waals surface area contributed by atoms with E-state index in [1.165, 1.54) is 40.7 Å². The molecule has 0 N–H and O–H groups in total. The number of carbonyl (C=O) groups is 1. The van der Waals surface area contributed by atoms with Gasteiger partial charge in [0, 0.05) is 31.7 Å². The maximum absolute atomic E-state index is 13.2. The van der Waals surface area contributed by atoms with Crippen molar-refractivity contribution in [1.82, 2.24) is 9.21 Å². The number of Topliss-reactive ketones (excluding diaryl/α,β-unsaturated/α-hetero) is 1. The van der Waals surface area contributed by atoms with Crippen LogP contribution in [-0.2, 0) is 10.0 Å². The van der Waals surface area contributed by atoms with Gasteiger partial charge in [-0.2, -0.15) is 4.31 Å². The lowest BCUT2D eigenvalue weighted by molar-refractivity contribution is 0.0901. The van der Waals surface area contributed by atoms with Crippen LogP contribution in [0.25, 0.3) is 0 Å². The topological polar surface area (TPSA) is 57.7 Å². The number of nitrogens with zero attached hydrogens (tertiary/aromatic N) is 2. The number of carbonyl (C=O) groups excluding carboxylic acids is 1. The summed E-state index contributed by atoms with van der Waals surface area (Å²) in [6.07, 6.45) is 0. The summed E-state index contributed by atoms with van der Waals surface area (Å²) in [5, 5.41) is 0. The predicted octanol–water partition coefficient (Wildman–Crippen LogP) is 2.46. The molecule has 0 saturated carbocycles. The third-order valence-corrected chi connectivity index (χ3v) is 6.68. The standard InChI is InChI=1S/C19H20F2N2O3S/c1-14-12-17(21)6-7-19(14)27(25,26)23-10-8-22(9-11-23)13-18(24)15-2-4-16(20)5-3-15/h2-7,12H,8-11,13H2,1H3. The second kappa shape index (κ2) is 7.84. The predicted molar refractivity (Wildman–Crippen MR) is 97.1 cm³/mol. The number of rotatable bonds is 5. The SMILES string of the molecule is Cc1cc(F)ccc1S(=O)(=O)N1CCN(CC(=O)c2ccc(F)cc2)CC1. The fraction of sp³-hybridized carbons (Fsp3) is 0.316. The summed E-state index contributed by atoms with van der Waals surface area (Å²) in [5.41, 5.74) is 0.789. The molecule has 0 atom stereocenters. The van der Waals surface area contributed by atoms with Gasteiger partial charge in [0.1, 0.15) is 11.6 Å². The second-order valence-electron chi connectivity index (χ2n) is 6.52. The third-order valence-electron chi connectivity index (χ3n) is 4.62. The normalized spacial score (nSPS) is 16.4. The lowest BCUT2D eigenvalue weighted by Gasteiger charge is -2.33. The van der Waals surface area contributed by atoms with E-state index in [0.717, 1.165) is 6.07 Å². The number of hydrogen-bond acceptors (Lipinski definition) is 4. The van der Waals surface area contributed by atoms with Gasteiger partial charge in [0.2, 0.25) is 10.0 Å². The van der Waals surface area contributed by atoms with Crippen LogP contribution in [0.15, 0.2) is 47.4 Å². The summed E-state index contributed by atoms with van der Waals surface area (Å²) in [6, 6.07) is 8.98. The van der Waals surface area contributed by atoms with Crippen molar-refractivity contribution in [2.75, 3.05) is 32.7 Å². The number of benzene rings is 2. The molecular weight excluding hydrogens is 374 g/mol. The molecule has 0 spiro atoms. The summed E-state index contributed by atoms with van der Waals surface area (Å²) in [7, 11) is -3.70. The second-order valence-corrected chi connectivity index (χ2v) is 8.43. The molecule has 2 aromatic carbocycles. The molecule has 8 heteroatoms. The van der Waals surface area contributed by atoms with Crippen molar-refractivity contribution in [2.45, 2.75) is 11.8 Å². The molecule has 0 amide bonds. The van der Waals surface area contributed by atoms with E-state index in [0.29, 0.717) is 24.2 Å². The summed E-state index contributed by atoms with van der Waals surface area (Å²) in [6.45, 7) is 3.02. The Morgan fingerprint density at radius 3 is 2.15 bits per heavy atom. The van der Waals surface area contributed by atoms with Gasteiger partial charge in [0.15, 0.2) is 5.78 Å². The highest BCUT2D eigenvalue weighted by molar-refractivity contribution is 7.89. The van der Waals surface area contributed by atoms with E-state index in [4.69, 9.17) is 0 Å². The van der Waals surface area contributed by atoms with Crippen LogP contribution in [0, 0.1) is 18.6 Å². The summed E-state index contributed by atoms with van der Waals surface area (Å²) < 4.78 is 53.1. The van der Waals surface area contributed by atoms with Gasteiger partial charge in [0.25, 0.3) is 0 Å². The highest BCUT2D eigenvalue weighted by Gasteiger charge is 2.30. The van der Waals surface area contributed by atoms with Gasteiger partial charge in [-0.1, -0.05) is 0 Å². The van der Waals surface area contributed by atoms with Crippen LogP contribution in [0.2, 0.25) is 0 Å². The summed E-state index contributed by atoms with van der Waals surface area (Å²) >= 11 is 0. The molecule has 27 heavy (non-hydrogen) atoms. The molecule has 0 bridgehead atoms. The van der Waals surface area contributed by atoms with Crippen LogP contribution in [0.5, 0.6) is 0 Å². The van der Waals surface area contributed by atoms with Crippen molar-refractivity contribution in [2.24, 2.45) is 0 Å². The molecule has 2 aromatic rings. The molecule has 3 rings (SSSR count). The maximum atomic E-state index is 13.2. The molecule has 0 unspecified atom stereocenters. The number of hydrogen-bond donors (Lipinski definition) is 0. The Morgan fingerprint density at radius 2 is 1.56 bits per heavy atom. The Labute approximate surface area is 157 Å². The van der Waals surface area contributed by atoms with E-state index in [2.05, 4.69) is 0 Å². The zero-order chi connectivity index (χ0) is 19.6. The van der Waals surface area contributed by atoms with E-state index < -0.39 is 21.7 Å². The summed E-state index contributed by atoms with van der Waals surface area (Å²) in [5.74, 6) is -1.02. The van der Waals surface area contributed by atoms with Gasteiger partial charge in [-0.25, -0.2) is 17.2 Å². The lowest BCUT2D eigenvalue weighted by Crippen LogP contribution is -2.49. The van der Waals surface area contributed by atoms with Gasteiger partial charge in [-0.15, -0.1) is 0 Å². The van der Waals surface area contributed by atoms with Gasteiger partial charge >= 0.3 is 0 Å². The van der Waals surface area contributed by atoms with Crippen molar-refractivity contribution in [3.63, 3.8) is 0 Å².